The number of nitrogens with one attached hydrogen (secondary N) is 2. The monoisotopic (exact) mass is 354 g/mol. The zero-order valence-corrected chi connectivity index (χ0v) is 14.5. The van der Waals surface area contributed by atoms with Crippen molar-refractivity contribution < 1.29 is 9.18 Å². The quantitative estimate of drug-likeness (QED) is 0.654. The average Bonchev–Trinajstić information content (AvgIpc) is 2.96. The number of nitrogen functional groups attached to an aromatic ring is 1. The second-order valence-corrected chi connectivity index (χ2v) is 5.84. The predicted octanol–water partition coefficient (Wildman–Crippen LogP) is 2.71. The van der Waals surface area contributed by atoms with Gasteiger partial charge in [-0.05, 0) is 43.3 Å². The number of nitrogens with zero attached hydrogens (tertiary/aromatic N) is 3. The van der Waals surface area contributed by atoms with Crippen LogP contribution >= 0.6 is 0 Å². The van der Waals surface area contributed by atoms with Gasteiger partial charge in [-0.2, -0.15) is 5.10 Å². The Bertz CT molecular complexity index is 933. The smallest absolute Gasteiger partial charge is 0.276 e. The number of hydrogen-bond acceptors (Lipinski definition) is 5. The summed E-state index contributed by atoms with van der Waals surface area (Å²) in [6, 6.07) is 9.57. The highest BCUT2D eigenvalue weighted by atomic mass is 19.1. The summed E-state index contributed by atoms with van der Waals surface area (Å²) in [6.45, 7) is 2.06. The van der Waals surface area contributed by atoms with Gasteiger partial charge in [0.15, 0.2) is 5.69 Å². The zero-order chi connectivity index (χ0) is 18.7. The number of benzene rings is 1. The van der Waals surface area contributed by atoms with Crippen LogP contribution in [0, 0.1) is 12.7 Å². The first-order valence-electron chi connectivity index (χ1n) is 7.99. The molecule has 0 atom stereocenters. The molecule has 2 heterocycles. The molecule has 134 valence electrons. The molecule has 3 aromatic rings. The molecule has 26 heavy (non-hydrogen) atoms. The van der Waals surface area contributed by atoms with E-state index in [1.165, 1.54) is 12.1 Å². The number of anilines is 3. The van der Waals surface area contributed by atoms with Crippen molar-refractivity contribution in [3.05, 3.63) is 65.4 Å². The van der Waals surface area contributed by atoms with Gasteiger partial charge >= 0.3 is 0 Å². The van der Waals surface area contributed by atoms with Crippen molar-refractivity contribution in [2.75, 3.05) is 16.4 Å². The van der Waals surface area contributed by atoms with Crippen molar-refractivity contribution in [1.82, 2.24) is 14.8 Å². The van der Waals surface area contributed by atoms with Crippen LogP contribution in [0.15, 0.2) is 42.6 Å². The Morgan fingerprint density at radius 2 is 2.12 bits per heavy atom. The summed E-state index contributed by atoms with van der Waals surface area (Å²) in [6.07, 6.45) is 1.58. The Morgan fingerprint density at radius 3 is 2.81 bits per heavy atom. The molecule has 0 saturated heterocycles. The number of carbonyl (C=O) groups excluding carboxylic acids is 1. The SMILES string of the molecule is Cc1cc(C(=O)Nc2ccc(F)c(CNc3cccnc3N)c2)nn1C. The molecule has 0 radical (unpaired) electrons. The van der Waals surface area contributed by atoms with Crippen LogP contribution in [-0.4, -0.2) is 20.7 Å². The van der Waals surface area contributed by atoms with Gasteiger partial charge in [-0.25, -0.2) is 9.37 Å². The van der Waals surface area contributed by atoms with Gasteiger partial charge in [0.1, 0.15) is 11.6 Å². The molecule has 0 bridgehead atoms. The molecule has 0 spiro atoms. The molecule has 0 fully saturated rings. The minimum atomic E-state index is -0.383. The highest BCUT2D eigenvalue weighted by molar-refractivity contribution is 6.02. The van der Waals surface area contributed by atoms with E-state index in [2.05, 4.69) is 20.7 Å². The van der Waals surface area contributed by atoms with Crippen molar-refractivity contribution in [1.29, 1.82) is 0 Å². The second-order valence-electron chi connectivity index (χ2n) is 5.84. The number of halogens is 1. The maximum atomic E-state index is 14.1. The van der Waals surface area contributed by atoms with Gasteiger partial charge < -0.3 is 16.4 Å². The van der Waals surface area contributed by atoms with Gasteiger partial charge in [0.2, 0.25) is 0 Å². The maximum absolute atomic E-state index is 14.1. The first kappa shape index (κ1) is 17.4. The highest BCUT2D eigenvalue weighted by Gasteiger charge is 2.12. The Labute approximate surface area is 150 Å². The molecule has 0 aliphatic rings. The zero-order valence-electron chi connectivity index (χ0n) is 14.5. The van der Waals surface area contributed by atoms with Crippen molar-refractivity contribution in [2.45, 2.75) is 13.5 Å². The molecule has 0 aliphatic heterocycles. The molecular weight excluding hydrogens is 335 g/mol. The van der Waals surface area contributed by atoms with Crippen LogP contribution in [0.5, 0.6) is 0 Å². The minimum Gasteiger partial charge on any atom is -0.382 e. The van der Waals surface area contributed by atoms with Gasteiger partial charge in [-0.1, -0.05) is 0 Å². The van der Waals surface area contributed by atoms with Crippen LogP contribution in [0.3, 0.4) is 0 Å². The minimum absolute atomic E-state index is 0.203. The van der Waals surface area contributed by atoms with Crippen LogP contribution in [0.4, 0.5) is 21.6 Å². The van der Waals surface area contributed by atoms with E-state index in [0.29, 0.717) is 28.5 Å². The maximum Gasteiger partial charge on any atom is 0.276 e. The topological polar surface area (TPSA) is 97.9 Å². The summed E-state index contributed by atoms with van der Waals surface area (Å²) >= 11 is 0. The molecule has 8 heteroatoms. The molecule has 0 unspecified atom stereocenters. The van der Waals surface area contributed by atoms with E-state index in [4.69, 9.17) is 5.73 Å². The number of amides is 1. The van der Waals surface area contributed by atoms with Gasteiger partial charge in [-0.3, -0.25) is 9.48 Å². The standard InChI is InChI=1S/C18H19FN6O/c1-11-8-16(24-25(11)2)18(26)23-13-5-6-14(19)12(9-13)10-22-15-4-3-7-21-17(15)20/h3-9,22H,10H2,1-2H3,(H2,20,21)(H,23,26). The summed E-state index contributed by atoms with van der Waals surface area (Å²) < 4.78 is 15.7. The summed E-state index contributed by atoms with van der Waals surface area (Å²) in [5.74, 6) is -0.398. The third-order valence-corrected chi connectivity index (χ3v) is 3.96. The molecule has 4 N–H and O–H groups in total. The molecule has 1 amide bonds. The van der Waals surface area contributed by atoms with E-state index >= 15 is 0 Å². The lowest BCUT2D eigenvalue weighted by Crippen LogP contribution is -2.14. The number of rotatable bonds is 5. The van der Waals surface area contributed by atoms with Crippen molar-refractivity contribution in [2.24, 2.45) is 7.05 Å². The summed E-state index contributed by atoms with van der Waals surface area (Å²) in [4.78, 5) is 16.2. The Morgan fingerprint density at radius 1 is 1.31 bits per heavy atom. The fourth-order valence-corrected chi connectivity index (χ4v) is 2.41. The summed E-state index contributed by atoms with van der Waals surface area (Å²) in [5, 5.41) is 9.90. The number of carbonyl (C=O) groups is 1. The molecule has 3 rings (SSSR count). The van der Waals surface area contributed by atoms with Crippen LogP contribution in [0.2, 0.25) is 0 Å². The van der Waals surface area contributed by atoms with Crippen LogP contribution in [-0.2, 0) is 13.6 Å². The van der Waals surface area contributed by atoms with Crippen LogP contribution in [0.1, 0.15) is 21.7 Å². The van der Waals surface area contributed by atoms with Crippen LogP contribution in [0.25, 0.3) is 0 Å². The highest BCUT2D eigenvalue weighted by Crippen LogP contribution is 2.19. The van der Waals surface area contributed by atoms with E-state index in [1.54, 1.807) is 42.2 Å². The van der Waals surface area contributed by atoms with Gasteiger partial charge in [0.05, 0.1) is 5.69 Å². The number of hydrogen-bond donors (Lipinski definition) is 3. The third-order valence-electron chi connectivity index (χ3n) is 3.96. The normalized spacial score (nSPS) is 10.6. The lowest BCUT2D eigenvalue weighted by molar-refractivity contribution is 0.102. The third kappa shape index (κ3) is 3.80. The van der Waals surface area contributed by atoms with E-state index < -0.39 is 0 Å². The molecule has 0 saturated carbocycles. The summed E-state index contributed by atoms with van der Waals surface area (Å²) in [5.41, 5.74) is 8.43. The predicted molar refractivity (Wildman–Crippen MR) is 98.3 cm³/mol. The molecule has 0 aliphatic carbocycles. The van der Waals surface area contributed by atoms with Gasteiger partial charge in [-0.15, -0.1) is 0 Å². The van der Waals surface area contributed by atoms with Gasteiger partial charge in [0, 0.05) is 36.7 Å². The Kier molecular flexibility index (Phi) is 4.83. The molecular formula is C18H19FN6O. The van der Waals surface area contributed by atoms with E-state index in [0.717, 1.165) is 5.69 Å². The second kappa shape index (κ2) is 7.22. The Balaban J connectivity index is 1.73. The van der Waals surface area contributed by atoms with Gasteiger partial charge in [0.25, 0.3) is 5.91 Å². The van der Waals surface area contributed by atoms with Crippen molar-refractivity contribution >= 4 is 23.1 Å². The largest absolute Gasteiger partial charge is 0.382 e. The number of pyridine rings is 1. The van der Waals surface area contributed by atoms with E-state index in [-0.39, 0.29) is 18.3 Å². The fraction of sp³-hybridized carbons (Fsp3) is 0.167. The average molecular weight is 354 g/mol. The van der Waals surface area contributed by atoms with E-state index in [9.17, 15) is 9.18 Å². The van der Waals surface area contributed by atoms with Crippen LogP contribution < -0.4 is 16.4 Å². The number of aromatic nitrogens is 3. The first-order valence-corrected chi connectivity index (χ1v) is 7.99. The molecule has 1 aromatic carbocycles. The Hall–Kier alpha value is -3.42. The van der Waals surface area contributed by atoms with E-state index in [1.807, 2.05) is 6.92 Å². The summed E-state index contributed by atoms with van der Waals surface area (Å²) in [7, 11) is 1.76. The van der Waals surface area contributed by atoms with Crippen molar-refractivity contribution in [3.8, 4) is 0 Å². The van der Waals surface area contributed by atoms with Crippen molar-refractivity contribution in [3.63, 3.8) is 0 Å². The number of nitrogens with two attached hydrogens (primary N) is 1. The lowest BCUT2D eigenvalue weighted by atomic mass is 10.1. The fourth-order valence-electron chi connectivity index (χ4n) is 2.41. The lowest BCUT2D eigenvalue weighted by Gasteiger charge is -2.11. The molecule has 7 nitrogen and oxygen atoms in total. The number of aryl methyl sites for hydroxylation is 2. The molecule has 2 aromatic heterocycles. The first-order chi connectivity index (χ1) is 12.4.